The first kappa shape index (κ1) is 16.5. The number of benzene rings is 1. The van der Waals surface area contributed by atoms with Gasteiger partial charge < -0.3 is 9.84 Å². The fraction of sp³-hybridized carbons (Fsp3) is 0.579. The summed E-state index contributed by atoms with van der Waals surface area (Å²) < 4.78 is 7.40. The molecule has 0 radical (unpaired) electrons. The van der Waals surface area contributed by atoms with Crippen LogP contribution in [0.4, 0.5) is 0 Å². The number of likely N-dealkylation sites (tertiary alicyclic amines) is 1. The topological polar surface area (TPSA) is 63.4 Å². The minimum absolute atomic E-state index is 0.248. The van der Waals surface area contributed by atoms with E-state index in [-0.39, 0.29) is 6.04 Å². The summed E-state index contributed by atoms with van der Waals surface area (Å²) in [6, 6.07) is 6.69. The molecule has 1 atom stereocenters. The number of nitrogens with zero attached hydrogens (tertiary/aromatic N) is 4. The molecule has 2 aromatic rings. The zero-order chi connectivity index (χ0) is 17.4. The highest BCUT2D eigenvalue weighted by Gasteiger charge is 2.37. The van der Waals surface area contributed by atoms with E-state index < -0.39 is 5.60 Å². The molecule has 4 rings (SSSR count). The van der Waals surface area contributed by atoms with Gasteiger partial charge in [0, 0.05) is 25.6 Å². The average molecular weight is 342 g/mol. The van der Waals surface area contributed by atoms with Crippen LogP contribution in [0.25, 0.3) is 0 Å². The van der Waals surface area contributed by atoms with Crippen LogP contribution >= 0.6 is 0 Å². The summed E-state index contributed by atoms with van der Waals surface area (Å²) in [7, 11) is 0. The maximum atomic E-state index is 11.2. The molecule has 1 N–H and O–H groups in total. The van der Waals surface area contributed by atoms with Crippen LogP contribution in [0, 0.1) is 0 Å². The van der Waals surface area contributed by atoms with E-state index >= 15 is 0 Å². The Morgan fingerprint density at radius 3 is 3.04 bits per heavy atom. The van der Waals surface area contributed by atoms with E-state index in [1.54, 1.807) is 0 Å². The second kappa shape index (κ2) is 6.42. The van der Waals surface area contributed by atoms with Gasteiger partial charge >= 0.3 is 0 Å². The van der Waals surface area contributed by atoms with Gasteiger partial charge in [0.05, 0.1) is 12.8 Å². The lowest BCUT2D eigenvalue weighted by Gasteiger charge is -2.38. The zero-order valence-electron chi connectivity index (χ0n) is 15.0. The van der Waals surface area contributed by atoms with E-state index in [2.05, 4.69) is 47.3 Å². The van der Waals surface area contributed by atoms with Crippen molar-refractivity contribution in [2.45, 2.75) is 51.3 Å². The number of piperidine rings is 1. The summed E-state index contributed by atoms with van der Waals surface area (Å²) >= 11 is 0. The molecule has 3 heterocycles. The predicted octanol–water partition coefficient (Wildman–Crippen LogP) is 2.28. The lowest BCUT2D eigenvalue weighted by molar-refractivity contribution is -0.0414. The number of ether oxygens (including phenoxy) is 1. The maximum Gasteiger partial charge on any atom is 0.123 e. The molecular formula is C19H26N4O2. The Kier molecular flexibility index (Phi) is 4.25. The van der Waals surface area contributed by atoms with Crippen LogP contribution < -0.4 is 4.74 Å². The summed E-state index contributed by atoms with van der Waals surface area (Å²) in [5.41, 5.74) is 2.35. The van der Waals surface area contributed by atoms with Gasteiger partial charge in [-0.25, -0.2) is 4.68 Å². The molecule has 0 amide bonds. The Morgan fingerprint density at radius 1 is 1.36 bits per heavy atom. The molecule has 0 aliphatic carbocycles. The van der Waals surface area contributed by atoms with Gasteiger partial charge in [0.1, 0.15) is 17.0 Å². The Morgan fingerprint density at radius 2 is 2.24 bits per heavy atom. The summed E-state index contributed by atoms with van der Waals surface area (Å²) in [5.74, 6) is 1.02. The number of fused-ring (bicyclic) bond motifs is 1. The van der Waals surface area contributed by atoms with Crippen molar-refractivity contribution in [2.75, 3.05) is 19.7 Å². The summed E-state index contributed by atoms with van der Waals surface area (Å²) in [6.45, 7) is 7.34. The molecule has 1 aromatic heterocycles. The number of hydrogen-bond acceptors (Lipinski definition) is 5. The van der Waals surface area contributed by atoms with Gasteiger partial charge in [0.15, 0.2) is 0 Å². The Bertz CT molecular complexity index is 758. The third-order valence-corrected chi connectivity index (χ3v) is 5.23. The molecule has 1 aromatic carbocycles. The van der Waals surface area contributed by atoms with Gasteiger partial charge in [0.2, 0.25) is 0 Å². The molecule has 1 saturated heterocycles. The quantitative estimate of drug-likeness (QED) is 0.923. The molecule has 1 fully saturated rings. The summed E-state index contributed by atoms with van der Waals surface area (Å²) in [5, 5.41) is 19.6. The SMILES string of the molecule is CC(C)n1cc([C@@]2(O)CCCN(Cc3ccc4c(c3)CCO4)C2)nn1. The van der Waals surface area contributed by atoms with Crippen LogP contribution in [0.3, 0.4) is 0 Å². The smallest absolute Gasteiger partial charge is 0.123 e. The lowest BCUT2D eigenvalue weighted by Crippen LogP contribution is -2.45. The Labute approximate surface area is 148 Å². The second-order valence-corrected chi connectivity index (χ2v) is 7.56. The molecule has 2 aliphatic rings. The van der Waals surface area contributed by atoms with E-state index in [1.807, 2.05) is 10.9 Å². The van der Waals surface area contributed by atoms with Crippen molar-refractivity contribution >= 4 is 0 Å². The van der Waals surface area contributed by atoms with E-state index in [9.17, 15) is 5.11 Å². The van der Waals surface area contributed by atoms with Crippen LogP contribution in [0.2, 0.25) is 0 Å². The van der Waals surface area contributed by atoms with Gasteiger partial charge in [-0.15, -0.1) is 5.10 Å². The molecule has 2 aliphatic heterocycles. The first-order valence-electron chi connectivity index (χ1n) is 9.15. The van der Waals surface area contributed by atoms with Gasteiger partial charge in [0.25, 0.3) is 0 Å². The number of aliphatic hydroxyl groups is 1. The number of hydrogen-bond donors (Lipinski definition) is 1. The third-order valence-electron chi connectivity index (χ3n) is 5.23. The summed E-state index contributed by atoms with van der Waals surface area (Å²) in [6.07, 6.45) is 4.57. The summed E-state index contributed by atoms with van der Waals surface area (Å²) in [4.78, 5) is 2.31. The van der Waals surface area contributed by atoms with Crippen molar-refractivity contribution in [1.29, 1.82) is 0 Å². The minimum Gasteiger partial charge on any atom is -0.493 e. The average Bonchev–Trinajstić information content (AvgIpc) is 3.24. The maximum absolute atomic E-state index is 11.2. The highest BCUT2D eigenvalue weighted by Crippen LogP contribution is 2.32. The van der Waals surface area contributed by atoms with E-state index in [0.29, 0.717) is 12.2 Å². The first-order valence-corrected chi connectivity index (χ1v) is 9.15. The fourth-order valence-corrected chi connectivity index (χ4v) is 3.81. The largest absolute Gasteiger partial charge is 0.493 e. The third kappa shape index (κ3) is 3.28. The van der Waals surface area contributed by atoms with E-state index in [4.69, 9.17) is 4.74 Å². The van der Waals surface area contributed by atoms with Gasteiger partial charge in [-0.1, -0.05) is 17.3 Å². The van der Waals surface area contributed by atoms with Crippen LogP contribution in [0.1, 0.15) is 49.6 Å². The van der Waals surface area contributed by atoms with E-state index in [0.717, 1.165) is 44.7 Å². The molecule has 134 valence electrons. The predicted molar refractivity (Wildman–Crippen MR) is 94.5 cm³/mol. The van der Waals surface area contributed by atoms with Crippen molar-refractivity contribution in [1.82, 2.24) is 19.9 Å². The van der Waals surface area contributed by atoms with Gasteiger partial charge in [-0.2, -0.15) is 0 Å². The van der Waals surface area contributed by atoms with Crippen LogP contribution in [-0.2, 0) is 18.6 Å². The molecule has 0 spiro atoms. The number of rotatable bonds is 4. The van der Waals surface area contributed by atoms with Crippen molar-refractivity contribution in [3.63, 3.8) is 0 Å². The van der Waals surface area contributed by atoms with Crippen molar-refractivity contribution in [2.24, 2.45) is 0 Å². The van der Waals surface area contributed by atoms with Gasteiger partial charge in [-0.3, -0.25) is 4.90 Å². The van der Waals surface area contributed by atoms with Crippen molar-refractivity contribution in [3.8, 4) is 5.75 Å². The lowest BCUT2D eigenvalue weighted by atomic mass is 9.89. The standard InChI is InChI=1S/C19H26N4O2/c1-14(2)23-12-18(20-21-23)19(24)7-3-8-22(13-19)11-15-4-5-17-16(10-15)6-9-25-17/h4-5,10,12,14,24H,3,6-9,11,13H2,1-2H3/t19-/m1/s1. The highest BCUT2D eigenvalue weighted by molar-refractivity contribution is 5.39. The van der Waals surface area contributed by atoms with Crippen molar-refractivity contribution < 1.29 is 9.84 Å². The highest BCUT2D eigenvalue weighted by atomic mass is 16.5. The molecule has 0 unspecified atom stereocenters. The molecule has 25 heavy (non-hydrogen) atoms. The van der Waals surface area contributed by atoms with Crippen LogP contribution in [0.5, 0.6) is 5.75 Å². The second-order valence-electron chi connectivity index (χ2n) is 7.56. The normalized spacial score (nSPS) is 23.7. The molecular weight excluding hydrogens is 316 g/mol. The van der Waals surface area contributed by atoms with Crippen LogP contribution in [-0.4, -0.2) is 44.7 Å². The molecule has 0 saturated carbocycles. The Hall–Kier alpha value is -1.92. The number of aromatic nitrogens is 3. The zero-order valence-corrected chi connectivity index (χ0v) is 15.0. The molecule has 6 heteroatoms. The monoisotopic (exact) mass is 342 g/mol. The Balaban J connectivity index is 1.48. The van der Waals surface area contributed by atoms with E-state index in [1.165, 1.54) is 11.1 Å². The first-order chi connectivity index (χ1) is 12.0. The molecule has 0 bridgehead atoms. The van der Waals surface area contributed by atoms with Crippen molar-refractivity contribution in [3.05, 3.63) is 41.2 Å². The minimum atomic E-state index is -0.911. The van der Waals surface area contributed by atoms with Crippen LogP contribution in [0.15, 0.2) is 24.4 Å². The number of β-amino-alcohol motifs (C(OH)–C–C–N with tert-alkyl or cyclic N) is 1. The molecule has 6 nitrogen and oxygen atoms in total. The fourth-order valence-electron chi connectivity index (χ4n) is 3.81. The van der Waals surface area contributed by atoms with Gasteiger partial charge in [-0.05, 0) is 50.4 Å².